The second kappa shape index (κ2) is 3.32. The topological polar surface area (TPSA) is 27.1 Å². The summed E-state index contributed by atoms with van der Waals surface area (Å²) in [4.78, 5) is 8.44. The number of hydrogen-bond acceptors (Lipinski definition) is 2. The van der Waals surface area contributed by atoms with Gasteiger partial charge in [-0.2, -0.15) is 4.73 Å². The maximum Gasteiger partial charge on any atom is 0.131 e. The van der Waals surface area contributed by atoms with Crippen LogP contribution in [0.2, 0.25) is 0 Å². The third-order valence-corrected chi connectivity index (χ3v) is 0.691. The molecule has 0 fully saturated rings. The van der Waals surface area contributed by atoms with E-state index < -0.39 is 0 Å². The fourth-order valence-corrected chi connectivity index (χ4v) is 0.355. The zero-order chi connectivity index (χ0) is 5.11. The molecular formula is C4H7ClN2O. The van der Waals surface area contributed by atoms with Crippen molar-refractivity contribution in [2.45, 2.75) is 0 Å². The van der Waals surface area contributed by atoms with Crippen molar-refractivity contribution in [1.82, 2.24) is 9.71 Å². The minimum atomic E-state index is 0. The van der Waals surface area contributed by atoms with Gasteiger partial charge in [-0.25, -0.2) is 4.98 Å². The van der Waals surface area contributed by atoms with Crippen LogP contribution in [0.5, 0.6) is 0 Å². The van der Waals surface area contributed by atoms with Crippen LogP contribution >= 0.6 is 12.4 Å². The monoisotopic (exact) mass is 134 g/mol. The Bertz CT molecular complexity index is 129. The molecule has 1 aromatic heterocycles. The fraction of sp³-hybridized carbons (Fsp3) is 0.250. The first kappa shape index (κ1) is 7.30. The van der Waals surface area contributed by atoms with Gasteiger partial charge >= 0.3 is 0 Å². The van der Waals surface area contributed by atoms with Gasteiger partial charge in [0.1, 0.15) is 13.4 Å². The summed E-state index contributed by atoms with van der Waals surface area (Å²) in [6.45, 7) is 0. The molecule has 1 heterocycles. The molecule has 4 heteroatoms. The lowest BCUT2D eigenvalue weighted by atomic mass is 11.0. The Morgan fingerprint density at radius 3 is 2.62 bits per heavy atom. The molecule has 3 nitrogen and oxygen atoms in total. The second-order valence-corrected chi connectivity index (χ2v) is 1.11. The largest absolute Gasteiger partial charge is 0.416 e. The zero-order valence-electron chi connectivity index (χ0n) is 4.44. The van der Waals surface area contributed by atoms with Crippen LogP contribution in [0.25, 0.3) is 0 Å². The van der Waals surface area contributed by atoms with Gasteiger partial charge in [-0.05, 0) is 0 Å². The van der Waals surface area contributed by atoms with Gasteiger partial charge in [0.15, 0.2) is 0 Å². The lowest BCUT2D eigenvalue weighted by molar-refractivity contribution is 0.166. The van der Waals surface area contributed by atoms with Gasteiger partial charge < -0.3 is 4.84 Å². The highest BCUT2D eigenvalue weighted by atomic mass is 35.5. The number of hydrogen-bond donors (Lipinski definition) is 0. The highest BCUT2D eigenvalue weighted by molar-refractivity contribution is 5.85. The maximum absolute atomic E-state index is 4.71. The lowest BCUT2D eigenvalue weighted by Crippen LogP contribution is -2.00. The van der Waals surface area contributed by atoms with Crippen LogP contribution in [0.4, 0.5) is 0 Å². The van der Waals surface area contributed by atoms with Gasteiger partial charge in [-0.3, -0.25) is 0 Å². The van der Waals surface area contributed by atoms with Gasteiger partial charge in [-0.1, -0.05) is 0 Å². The van der Waals surface area contributed by atoms with Crippen LogP contribution in [0.1, 0.15) is 0 Å². The number of aromatic nitrogens is 2. The highest BCUT2D eigenvalue weighted by Crippen LogP contribution is 1.75. The summed E-state index contributed by atoms with van der Waals surface area (Å²) in [7, 11) is 1.58. The molecule has 0 amide bonds. The van der Waals surface area contributed by atoms with E-state index in [0.29, 0.717) is 0 Å². The van der Waals surface area contributed by atoms with Crippen LogP contribution in [0.15, 0.2) is 18.7 Å². The normalized spacial score (nSPS) is 7.62. The predicted molar refractivity (Wildman–Crippen MR) is 32.0 cm³/mol. The summed E-state index contributed by atoms with van der Waals surface area (Å²) in [5, 5.41) is 0. The Morgan fingerprint density at radius 1 is 1.62 bits per heavy atom. The van der Waals surface area contributed by atoms with Crippen molar-refractivity contribution in [2.24, 2.45) is 0 Å². The van der Waals surface area contributed by atoms with E-state index in [9.17, 15) is 0 Å². The molecule has 0 saturated carbocycles. The quantitative estimate of drug-likeness (QED) is 0.555. The molecule has 1 rings (SSSR count). The molecule has 0 bridgehead atoms. The summed E-state index contributed by atoms with van der Waals surface area (Å²) in [5.41, 5.74) is 0. The van der Waals surface area contributed by atoms with E-state index in [1.54, 1.807) is 25.8 Å². The number of nitrogens with zero attached hydrogens (tertiary/aromatic N) is 2. The highest BCUT2D eigenvalue weighted by Gasteiger charge is 1.77. The van der Waals surface area contributed by atoms with Crippen LogP contribution in [-0.4, -0.2) is 16.8 Å². The minimum absolute atomic E-state index is 0. The first-order valence-corrected chi connectivity index (χ1v) is 1.96. The molecule has 0 aliphatic carbocycles. The molecule has 1 aromatic rings. The molecule has 0 aliphatic heterocycles. The molecule has 0 saturated heterocycles. The van der Waals surface area contributed by atoms with Crippen LogP contribution < -0.4 is 4.84 Å². The van der Waals surface area contributed by atoms with Gasteiger partial charge in [0.05, 0.1) is 6.20 Å². The molecule has 0 atom stereocenters. The van der Waals surface area contributed by atoms with E-state index in [1.807, 2.05) is 0 Å². The number of halogens is 1. The molecule has 46 valence electrons. The average Bonchev–Trinajstić information content (AvgIpc) is 2.14. The summed E-state index contributed by atoms with van der Waals surface area (Å²) in [6.07, 6.45) is 4.96. The van der Waals surface area contributed by atoms with Crippen molar-refractivity contribution >= 4 is 12.4 Å². The molecule has 8 heavy (non-hydrogen) atoms. The van der Waals surface area contributed by atoms with Gasteiger partial charge in [-0.15, -0.1) is 12.4 Å². The molecule has 0 spiro atoms. The number of imidazole rings is 1. The third kappa shape index (κ3) is 1.42. The Morgan fingerprint density at radius 2 is 2.38 bits per heavy atom. The van der Waals surface area contributed by atoms with E-state index in [4.69, 9.17) is 4.84 Å². The molecular weight excluding hydrogens is 128 g/mol. The van der Waals surface area contributed by atoms with Crippen molar-refractivity contribution in [1.29, 1.82) is 0 Å². The Balaban J connectivity index is 0.000000490. The summed E-state index contributed by atoms with van der Waals surface area (Å²) in [6, 6.07) is 0. The summed E-state index contributed by atoms with van der Waals surface area (Å²) in [5.74, 6) is 0. The zero-order valence-corrected chi connectivity index (χ0v) is 5.26. The molecule has 0 aliphatic rings. The van der Waals surface area contributed by atoms with Crippen LogP contribution in [0, 0.1) is 0 Å². The third-order valence-electron chi connectivity index (χ3n) is 0.691. The lowest BCUT2D eigenvalue weighted by Gasteiger charge is -1.92. The smallest absolute Gasteiger partial charge is 0.131 e. The van der Waals surface area contributed by atoms with Crippen molar-refractivity contribution in [2.75, 3.05) is 7.11 Å². The fourth-order valence-electron chi connectivity index (χ4n) is 0.355. The van der Waals surface area contributed by atoms with Crippen LogP contribution in [-0.2, 0) is 0 Å². The van der Waals surface area contributed by atoms with Crippen LogP contribution in [0.3, 0.4) is 0 Å². The predicted octanol–water partition coefficient (Wildman–Crippen LogP) is 0.363. The first-order chi connectivity index (χ1) is 3.43. The van der Waals surface area contributed by atoms with E-state index in [1.165, 1.54) is 4.73 Å². The van der Waals surface area contributed by atoms with Crippen molar-refractivity contribution < 1.29 is 4.84 Å². The molecule has 0 aromatic carbocycles. The summed E-state index contributed by atoms with van der Waals surface area (Å²) >= 11 is 0. The Kier molecular flexibility index (Phi) is 3.03. The van der Waals surface area contributed by atoms with E-state index in [0.717, 1.165) is 0 Å². The average molecular weight is 135 g/mol. The van der Waals surface area contributed by atoms with E-state index in [-0.39, 0.29) is 12.4 Å². The Hall–Kier alpha value is -0.700. The van der Waals surface area contributed by atoms with Crippen molar-refractivity contribution in [3.05, 3.63) is 18.7 Å². The van der Waals surface area contributed by atoms with Gasteiger partial charge in [0, 0.05) is 6.20 Å². The first-order valence-electron chi connectivity index (χ1n) is 1.96. The minimum Gasteiger partial charge on any atom is -0.416 e. The Labute approximate surface area is 53.7 Å². The second-order valence-electron chi connectivity index (χ2n) is 1.11. The van der Waals surface area contributed by atoms with Gasteiger partial charge in [0.25, 0.3) is 0 Å². The molecule has 0 unspecified atom stereocenters. The molecule has 0 radical (unpaired) electrons. The maximum atomic E-state index is 4.71. The van der Waals surface area contributed by atoms with Gasteiger partial charge in [0.2, 0.25) is 0 Å². The van der Waals surface area contributed by atoms with Crippen molar-refractivity contribution in [3.63, 3.8) is 0 Å². The number of rotatable bonds is 1. The molecule has 0 N–H and O–H groups in total. The SMILES string of the molecule is COn1ccnc1.Cl. The summed E-state index contributed by atoms with van der Waals surface area (Å²) < 4.78 is 1.51. The standard InChI is InChI=1S/C4H6N2O.ClH/c1-7-6-3-2-5-4-6;/h2-4H,1H3;1H. The van der Waals surface area contributed by atoms with E-state index >= 15 is 0 Å². The van der Waals surface area contributed by atoms with Crippen molar-refractivity contribution in [3.8, 4) is 0 Å². The van der Waals surface area contributed by atoms with E-state index in [2.05, 4.69) is 4.98 Å².